The van der Waals surface area contributed by atoms with Gasteiger partial charge in [0.2, 0.25) is 0 Å². The van der Waals surface area contributed by atoms with Gasteiger partial charge in [-0.05, 0) is 97.7 Å². The third kappa shape index (κ3) is 2.25. The second kappa shape index (κ2) is 5.72. The molecule has 0 bridgehead atoms. The summed E-state index contributed by atoms with van der Waals surface area (Å²) >= 11 is 0. The van der Waals surface area contributed by atoms with E-state index in [2.05, 4.69) is 26.8 Å². The normalized spacial score (nSPS) is 45.4. The first-order valence-corrected chi connectivity index (χ1v) is 10.1. The van der Waals surface area contributed by atoms with Crippen molar-refractivity contribution in [3.8, 4) is 0 Å². The minimum absolute atomic E-state index is 0.0999. The summed E-state index contributed by atoms with van der Waals surface area (Å²) in [6, 6.07) is 0. The first-order valence-electron chi connectivity index (χ1n) is 10.1. The highest BCUT2D eigenvalue weighted by atomic mass is 19.1. The quantitative estimate of drug-likeness (QED) is 0.513. The summed E-state index contributed by atoms with van der Waals surface area (Å²) in [5.41, 5.74) is 4.47. The molecule has 138 valence electrons. The van der Waals surface area contributed by atoms with Crippen LogP contribution in [0.5, 0.6) is 0 Å². The van der Waals surface area contributed by atoms with Gasteiger partial charge in [-0.2, -0.15) is 0 Å². The highest BCUT2D eigenvalue weighted by Crippen LogP contribution is 2.66. The lowest BCUT2D eigenvalue weighted by Crippen LogP contribution is -2.48. The van der Waals surface area contributed by atoms with Crippen LogP contribution in [0.15, 0.2) is 34.4 Å². The van der Waals surface area contributed by atoms with Crippen LogP contribution >= 0.6 is 0 Å². The fourth-order valence-electron chi connectivity index (χ4n) is 7.34. The second-order valence-electron chi connectivity index (χ2n) is 9.41. The molecule has 0 aromatic heterocycles. The van der Waals surface area contributed by atoms with Crippen LogP contribution in [-0.4, -0.2) is 7.11 Å². The van der Waals surface area contributed by atoms with Gasteiger partial charge in [-0.25, -0.2) is 4.39 Å². The SMILES string of the molecule is COC1=C(C)C2=CCC3C(CCC4(C)C(=C(C)F)CCC34)C2(C)CC1. The Labute approximate surface area is 152 Å². The zero-order valence-corrected chi connectivity index (χ0v) is 16.5. The lowest BCUT2D eigenvalue weighted by atomic mass is 9.48. The molecule has 4 rings (SSSR count). The molecule has 0 heterocycles. The maximum Gasteiger partial charge on any atom is 0.0987 e. The number of rotatable bonds is 1. The smallest absolute Gasteiger partial charge is 0.0987 e. The first kappa shape index (κ1) is 17.4. The molecule has 5 atom stereocenters. The van der Waals surface area contributed by atoms with E-state index in [0.717, 1.165) is 36.7 Å². The zero-order chi connectivity index (χ0) is 18.0. The Morgan fingerprint density at radius 2 is 1.84 bits per heavy atom. The topological polar surface area (TPSA) is 9.23 Å². The molecule has 0 N–H and O–H groups in total. The van der Waals surface area contributed by atoms with Crippen molar-refractivity contribution in [1.29, 1.82) is 0 Å². The summed E-state index contributed by atoms with van der Waals surface area (Å²) in [5.74, 6) is 3.42. The van der Waals surface area contributed by atoms with Crippen LogP contribution in [0.25, 0.3) is 0 Å². The van der Waals surface area contributed by atoms with Crippen molar-refractivity contribution in [1.82, 2.24) is 0 Å². The van der Waals surface area contributed by atoms with Crippen molar-refractivity contribution >= 4 is 0 Å². The Hall–Kier alpha value is -1.05. The fraction of sp³-hybridized carbons (Fsp3) is 0.739. The van der Waals surface area contributed by atoms with Crippen LogP contribution in [0, 0.1) is 28.6 Å². The van der Waals surface area contributed by atoms with E-state index in [1.54, 1.807) is 12.5 Å². The molecule has 0 amide bonds. The van der Waals surface area contributed by atoms with E-state index < -0.39 is 0 Å². The van der Waals surface area contributed by atoms with E-state index in [1.165, 1.54) is 37.0 Å². The van der Waals surface area contributed by atoms with Crippen LogP contribution < -0.4 is 0 Å². The highest BCUT2D eigenvalue weighted by Gasteiger charge is 2.57. The lowest BCUT2D eigenvalue weighted by Gasteiger charge is -2.57. The highest BCUT2D eigenvalue weighted by molar-refractivity contribution is 5.43. The molecule has 1 nitrogen and oxygen atoms in total. The van der Waals surface area contributed by atoms with Crippen LogP contribution in [-0.2, 0) is 4.74 Å². The number of hydrogen-bond acceptors (Lipinski definition) is 1. The predicted molar refractivity (Wildman–Crippen MR) is 101 cm³/mol. The molecule has 0 aliphatic heterocycles. The molecule has 0 aromatic rings. The van der Waals surface area contributed by atoms with Gasteiger partial charge in [0.15, 0.2) is 0 Å². The Morgan fingerprint density at radius 1 is 1.12 bits per heavy atom. The number of fused-ring (bicyclic) bond motifs is 5. The third-order valence-corrected chi connectivity index (χ3v) is 8.61. The fourth-order valence-corrected chi connectivity index (χ4v) is 7.34. The summed E-state index contributed by atoms with van der Waals surface area (Å²) < 4.78 is 19.8. The molecule has 0 aromatic carbocycles. The molecule has 2 heteroatoms. The largest absolute Gasteiger partial charge is 0.501 e. The zero-order valence-electron chi connectivity index (χ0n) is 16.5. The maximum absolute atomic E-state index is 14.2. The van der Waals surface area contributed by atoms with Gasteiger partial charge in [0.1, 0.15) is 0 Å². The number of ether oxygens (including phenoxy) is 1. The van der Waals surface area contributed by atoms with E-state index in [0.29, 0.717) is 5.92 Å². The minimum atomic E-state index is 0.0999. The van der Waals surface area contributed by atoms with Crippen molar-refractivity contribution in [2.75, 3.05) is 7.11 Å². The van der Waals surface area contributed by atoms with Gasteiger partial charge in [0, 0.05) is 6.42 Å². The summed E-state index contributed by atoms with van der Waals surface area (Å²) in [5, 5.41) is 0. The summed E-state index contributed by atoms with van der Waals surface area (Å²) in [4.78, 5) is 0. The standard InChI is InChI=1S/C23H33FO/c1-14-17-7-6-16-19-9-8-18(15(2)24)23(19,4)12-10-20(16)22(17,3)13-11-21(14)25-5/h7,16,19-20H,6,8-13H2,1-5H3. The molecule has 4 aliphatic carbocycles. The average molecular weight is 345 g/mol. The Morgan fingerprint density at radius 3 is 2.52 bits per heavy atom. The van der Waals surface area contributed by atoms with Gasteiger partial charge in [-0.1, -0.05) is 19.9 Å². The summed E-state index contributed by atoms with van der Waals surface area (Å²) in [6.45, 7) is 8.78. The van der Waals surface area contributed by atoms with E-state index in [-0.39, 0.29) is 16.7 Å². The second-order valence-corrected chi connectivity index (χ2v) is 9.41. The molecule has 25 heavy (non-hydrogen) atoms. The molecule has 5 unspecified atom stereocenters. The van der Waals surface area contributed by atoms with Crippen molar-refractivity contribution in [2.45, 2.75) is 72.6 Å². The number of allylic oxidation sites excluding steroid dienone is 6. The molecule has 0 saturated heterocycles. The van der Waals surface area contributed by atoms with Crippen molar-refractivity contribution < 1.29 is 9.13 Å². The van der Waals surface area contributed by atoms with Gasteiger partial charge in [-0.3, -0.25) is 0 Å². The van der Waals surface area contributed by atoms with Crippen LogP contribution in [0.1, 0.15) is 72.6 Å². The first-order chi connectivity index (χ1) is 11.8. The summed E-state index contributed by atoms with van der Waals surface area (Å²) in [7, 11) is 1.81. The molecule has 2 fully saturated rings. The Kier molecular flexibility index (Phi) is 3.98. The maximum atomic E-state index is 14.2. The molecule has 0 spiro atoms. The molecular formula is C23H33FO. The van der Waals surface area contributed by atoms with Gasteiger partial charge in [0.25, 0.3) is 0 Å². The Bertz CT molecular complexity index is 680. The molecule has 2 saturated carbocycles. The monoisotopic (exact) mass is 344 g/mol. The number of hydrogen-bond donors (Lipinski definition) is 0. The van der Waals surface area contributed by atoms with E-state index in [1.807, 2.05) is 7.11 Å². The van der Waals surface area contributed by atoms with Gasteiger partial charge in [0.05, 0.1) is 18.7 Å². The molecule has 0 radical (unpaired) electrons. The predicted octanol–water partition coefficient (Wildman–Crippen LogP) is 6.72. The summed E-state index contributed by atoms with van der Waals surface area (Å²) in [6.07, 6.45) is 10.5. The van der Waals surface area contributed by atoms with E-state index >= 15 is 0 Å². The number of halogens is 1. The lowest BCUT2D eigenvalue weighted by molar-refractivity contribution is -0.00997. The van der Waals surface area contributed by atoms with Crippen LogP contribution in [0.3, 0.4) is 0 Å². The van der Waals surface area contributed by atoms with Gasteiger partial charge in [-0.15, -0.1) is 0 Å². The molecular weight excluding hydrogens is 311 g/mol. The third-order valence-electron chi connectivity index (χ3n) is 8.61. The van der Waals surface area contributed by atoms with E-state index in [9.17, 15) is 4.39 Å². The van der Waals surface area contributed by atoms with Crippen molar-refractivity contribution in [2.24, 2.45) is 28.6 Å². The molecule has 4 aliphatic rings. The van der Waals surface area contributed by atoms with Gasteiger partial charge < -0.3 is 4.74 Å². The average Bonchev–Trinajstić information content (AvgIpc) is 2.92. The van der Waals surface area contributed by atoms with Crippen LogP contribution in [0.2, 0.25) is 0 Å². The Balaban J connectivity index is 1.73. The van der Waals surface area contributed by atoms with Gasteiger partial charge >= 0.3 is 0 Å². The van der Waals surface area contributed by atoms with Crippen LogP contribution in [0.4, 0.5) is 4.39 Å². The minimum Gasteiger partial charge on any atom is -0.501 e. The van der Waals surface area contributed by atoms with Crippen molar-refractivity contribution in [3.63, 3.8) is 0 Å². The number of methoxy groups -OCH3 is 1. The van der Waals surface area contributed by atoms with Crippen molar-refractivity contribution in [3.05, 3.63) is 34.4 Å². The van der Waals surface area contributed by atoms with E-state index in [4.69, 9.17) is 4.74 Å².